The van der Waals surface area contributed by atoms with Crippen LogP contribution in [0.5, 0.6) is 0 Å². The number of nitrogens with one attached hydrogen (secondary N) is 1. The maximum absolute atomic E-state index is 3.80. The van der Waals surface area contributed by atoms with Gasteiger partial charge < -0.3 is 10.2 Å². The van der Waals surface area contributed by atoms with Gasteiger partial charge in [0.2, 0.25) is 0 Å². The third-order valence-electron chi connectivity index (χ3n) is 4.54. The van der Waals surface area contributed by atoms with Gasteiger partial charge in [0.25, 0.3) is 0 Å². The summed E-state index contributed by atoms with van der Waals surface area (Å²) in [5, 5.41) is 3.80. The highest BCUT2D eigenvalue weighted by molar-refractivity contribution is 5.45. The van der Waals surface area contributed by atoms with E-state index in [4.69, 9.17) is 0 Å². The van der Waals surface area contributed by atoms with Crippen LogP contribution in [0.2, 0.25) is 0 Å². The fourth-order valence-electron chi connectivity index (χ4n) is 3.33. The summed E-state index contributed by atoms with van der Waals surface area (Å²) in [4.78, 5) is 2.40. The van der Waals surface area contributed by atoms with Gasteiger partial charge in [-0.25, -0.2) is 0 Å². The summed E-state index contributed by atoms with van der Waals surface area (Å²) in [5.74, 6) is 0.862. The van der Waals surface area contributed by atoms with Crippen LogP contribution in [-0.2, 0) is 0 Å². The van der Waals surface area contributed by atoms with Crippen molar-refractivity contribution in [2.75, 3.05) is 25.0 Å². The van der Waals surface area contributed by atoms with Crippen LogP contribution < -0.4 is 10.2 Å². The number of likely N-dealkylation sites (N-methyl/N-ethyl adjacent to an activating group) is 1. The second kappa shape index (κ2) is 8.31. The van der Waals surface area contributed by atoms with Crippen molar-refractivity contribution in [2.24, 2.45) is 5.92 Å². The fraction of sp³-hybridized carbons (Fsp3) is 0.667. The summed E-state index contributed by atoms with van der Waals surface area (Å²) in [6.07, 6.45) is 8.31. The van der Waals surface area contributed by atoms with Crippen LogP contribution >= 0.6 is 0 Å². The molecule has 1 aliphatic rings. The van der Waals surface area contributed by atoms with E-state index in [-0.39, 0.29) is 0 Å². The lowest BCUT2D eigenvalue weighted by molar-refractivity contribution is 0.271. The van der Waals surface area contributed by atoms with Gasteiger partial charge in [0, 0.05) is 25.3 Å². The molecule has 1 fully saturated rings. The monoisotopic (exact) mass is 274 g/mol. The van der Waals surface area contributed by atoms with E-state index < -0.39 is 0 Å². The van der Waals surface area contributed by atoms with E-state index in [1.165, 1.54) is 44.2 Å². The van der Waals surface area contributed by atoms with Gasteiger partial charge in [-0.15, -0.1) is 0 Å². The number of hydrogen-bond donors (Lipinski definition) is 1. The largest absolute Gasteiger partial charge is 0.373 e. The lowest BCUT2D eigenvalue weighted by atomic mass is 9.83. The number of benzene rings is 1. The molecule has 0 bridgehead atoms. The molecule has 112 valence electrons. The van der Waals surface area contributed by atoms with Crippen molar-refractivity contribution in [3.05, 3.63) is 30.3 Å². The number of rotatable bonds is 7. The molecule has 1 saturated carbocycles. The van der Waals surface area contributed by atoms with Crippen molar-refractivity contribution in [3.63, 3.8) is 0 Å². The maximum Gasteiger partial charge on any atom is 0.0364 e. The average Bonchev–Trinajstić information content (AvgIpc) is 2.53. The van der Waals surface area contributed by atoms with Crippen LogP contribution in [-0.4, -0.2) is 26.2 Å². The van der Waals surface area contributed by atoms with Gasteiger partial charge in [0.1, 0.15) is 0 Å². The van der Waals surface area contributed by atoms with Crippen molar-refractivity contribution >= 4 is 5.69 Å². The van der Waals surface area contributed by atoms with Gasteiger partial charge in [-0.3, -0.25) is 0 Å². The van der Waals surface area contributed by atoms with E-state index in [1.807, 2.05) is 0 Å². The predicted molar refractivity (Wildman–Crippen MR) is 88.4 cm³/mol. The molecule has 0 radical (unpaired) electrons. The Morgan fingerprint density at radius 1 is 1.15 bits per heavy atom. The van der Waals surface area contributed by atoms with Crippen LogP contribution in [0.15, 0.2) is 30.3 Å². The summed E-state index contributed by atoms with van der Waals surface area (Å²) >= 11 is 0. The maximum atomic E-state index is 3.80. The molecule has 1 N–H and O–H groups in total. The summed E-state index contributed by atoms with van der Waals surface area (Å²) in [6.45, 7) is 4.52. The Bertz CT molecular complexity index is 357. The van der Waals surface area contributed by atoms with Crippen LogP contribution in [0, 0.1) is 5.92 Å². The fourth-order valence-corrected chi connectivity index (χ4v) is 3.33. The highest BCUT2D eigenvalue weighted by atomic mass is 15.1. The Kier molecular flexibility index (Phi) is 6.38. The molecule has 0 amide bonds. The second-order valence-electron chi connectivity index (χ2n) is 6.17. The number of anilines is 1. The lowest BCUT2D eigenvalue weighted by Gasteiger charge is -2.34. The summed E-state index contributed by atoms with van der Waals surface area (Å²) in [6, 6.07) is 11.4. The van der Waals surface area contributed by atoms with Gasteiger partial charge in [-0.05, 0) is 43.9 Å². The molecule has 1 aliphatic carbocycles. The zero-order chi connectivity index (χ0) is 14.2. The minimum atomic E-state index is 0.639. The normalized spacial score (nSPS) is 17.9. The Labute approximate surface area is 124 Å². The molecule has 20 heavy (non-hydrogen) atoms. The van der Waals surface area contributed by atoms with Gasteiger partial charge in [0.15, 0.2) is 0 Å². The van der Waals surface area contributed by atoms with E-state index in [2.05, 4.69) is 54.5 Å². The lowest BCUT2D eigenvalue weighted by Crippen LogP contribution is -2.45. The molecule has 2 nitrogen and oxygen atoms in total. The van der Waals surface area contributed by atoms with Gasteiger partial charge in [0.05, 0.1) is 0 Å². The highest BCUT2D eigenvalue weighted by Gasteiger charge is 2.24. The predicted octanol–water partition coefficient (Wildman–Crippen LogP) is 4.07. The molecule has 1 aromatic rings. The first-order chi connectivity index (χ1) is 9.81. The molecule has 0 heterocycles. The van der Waals surface area contributed by atoms with Gasteiger partial charge >= 0.3 is 0 Å². The average molecular weight is 274 g/mol. The SMILES string of the molecule is CCCNC(CN(C)c1ccccc1)C1CCCCC1. The van der Waals surface area contributed by atoms with E-state index in [0.29, 0.717) is 6.04 Å². The molecule has 0 saturated heterocycles. The van der Waals surface area contributed by atoms with Crippen molar-refractivity contribution < 1.29 is 0 Å². The third-order valence-corrected chi connectivity index (χ3v) is 4.54. The minimum absolute atomic E-state index is 0.639. The van der Waals surface area contributed by atoms with Crippen molar-refractivity contribution in [1.29, 1.82) is 0 Å². The summed E-state index contributed by atoms with van der Waals surface area (Å²) in [5.41, 5.74) is 1.33. The Hall–Kier alpha value is -1.02. The van der Waals surface area contributed by atoms with Crippen molar-refractivity contribution in [2.45, 2.75) is 51.5 Å². The third kappa shape index (κ3) is 4.52. The van der Waals surface area contributed by atoms with E-state index in [9.17, 15) is 0 Å². The Morgan fingerprint density at radius 3 is 2.50 bits per heavy atom. The molecule has 1 unspecified atom stereocenters. The van der Waals surface area contributed by atoms with E-state index >= 15 is 0 Å². The van der Waals surface area contributed by atoms with E-state index in [0.717, 1.165) is 19.0 Å². The summed E-state index contributed by atoms with van der Waals surface area (Å²) < 4.78 is 0. The van der Waals surface area contributed by atoms with Crippen molar-refractivity contribution in [3.8, 4) is 0 Å². The minimum Gasteiger partial charge on any atom is -0.373 e. The molecule has 2 rings (SSSR count). The Morgan fingerprint density at radius 2 is 1.85 bits per heavy atom. The second-order valence-corrected chi connectivity index (χ2v) is 6.17. The first-order valence-electron chi connectivity index (χ1n) is 8.31. The molecular weight excluding hydrogens is 244 g/mol. The van der Waals surface area contributed by atoms with Crippen LogP contribution in [0.25, 0.3) is 0 Å². The van der Waals surface area contributed by atoms with Crippen LogP contribution in [0.3, 0.4) is 0 Å². The first-order valence-corrected chi connectivity index (χ1v) is 8.31. The first kappa shape index (κ1) is 15.4. The van der Waals surface area contributed by atoms with Gasteiger partial charge in [-0.2, -0.15) is 0 Å². The summed E-state index contributed by atoms with van der Waals surface area (Å²) in [7, 11) is 2.22. The van der Waals surface area contributed by atoms with Crippen LogP contribution in [0.1, 0.15) is 45.4 Å². The smallest absolute Gasteiger partial charge is 0.0364 e. The standard InChI is InChI=1S/C18H30N2/c1-3-14-19-18(16-10-6-4-7-11-16)15-20(2)17-12-8-5-9-13-17/h5,8-9,12-13,16,18-19H,3-4,6-7,10-11,14-15H2,1-2H3. The molecule has 0 aromatic heterocycles. The van der Waals surface area contributed by atoms with Crippen LogP contribution in [0.4, 0.5) is 5.69 Å². The quantitative estimate of drug-likeness (QED) is 0.806. The molecule has 1 aromatic carbocycles. The molecular formula is C18H30N2. The number of nitrogens with zero attached hydrogens (tertiary/aromatic N) is 1. The topological polar surface area (TPSA) is 15.3 Å². The van der Waals surface area contributed by atoms with Crippen molar-refractivity contribution in [1.82, 2.24) is 5.32 Å². The molecule has 0 spiro atoms. The molecule has 2 heteroatoms. The Balaban J connectivity index is 1.95. The number of para-hydroxylation sites is 1. The number of hydrogen-bond acceptors (Lipinski definition) is 2. The molecule has 0 aliphatic heterocycles. The zero-order valence-corrected chi connectivity index (χ0v) is 13.1. The zero-order valence-electron chi connectivity index (χ0n) is 13.1. The highest BCUT2D eigenvalue weighted by Crippen LogP contribution is 2.27. The van der Waals surface area contributed by atoms with Gasteiger partial charge in [-0.1, -0.05) is 44.4 Å². The molecule has 1 atom stereocenters. The van der Waals surface area contributed by atoms with E-state index in [1.54, 1.807) is 0 Å².